The molecule has 0 saturated heterocycles. The van der Waals surface area contributed by atoms with Gasteiger partial charge in [-0.15, -0.1) is 0 Å². The maximum atomic E-state index is 12.8. The fraction of sp³-hybridized carbons (Fsp3) is 0.855. The minimum Gasteiger partial charge on any atom is -0.462 e. The van der Waals surface area contributed by atoms with Crippen LogP contribution in [0.5, 0.6) is 0 Å². The van der Waals surface area contributed by atoms with E-state index in [1.54, 1.807) is 0 Å². The lowest BCUT2D eigenvalue weighted by Gasteiger charge is -2.18. The largest absolute Gasteiger partial charge is 0.462 e. The monoisotopic (exact) mass is 843 g/mol. The van der Waals surface area contributed by atoms with Crippen LogP contribution in [-0.4, -0.2) is 37.9 Å². The highest BCUT2D eigenvalue weighted by atomic mass is 16.6. The molecular formula is C55H102O5. The Labute approximate surface area is 374 Å². The third-order valence-corrected chi connectivity index (χ3v) is 11.6. The summed E-state index contributed by atoms with van der Waals surface area (Å²) < 4.78 is 17.4. The molecule has 0 aromatic carbocycles. The molecule has 0 N–H and O–H groups in total. The fourth-order valence-electron chi connectivity index (χ4n) is 7.60. The van der Waals surface area contributed by atoms with Crippen LogP contribution in [0.4, 0.5) is 0 Å². The molecule has 1 atom stereocenters. The van der Waals surface area contributed by atoms with Crippen molar-refractivity contribution in [3.05, 3.63) is 36.5 Å². The molecule has 0 spiro atoms. The van der Waals surface area contributed by atoms with E-state index in [9.17, 15) is 9.59 Å². The zero-order valence-corrected chi connectivity index (χ0v) is 40.5. The van der Waals surface area contributed by atoms with E-state index in [1.165, 1.54) is 180 Å². The molecule has 5 nitrogen and oxygen atoms in total. The summed E-state index contributed by atoms with van der Waals surface area (Å²) in [6, 6.07) is 0. The number of ether oxygens (including phenoxy) is 3. The maximum Gasteiger partial charge on any atom is 0.306 e. The number of unbranched alkanes of at least 4 members (excludes halogenated alkanes) is 32. The lowest BCUT2D eigenvalue weighted by Crippen LogP contribution is -2.30. The maximum absolute atomic E-state index is 12.8. The molecule has 60 heavy (non-hydrogen) atoms. The number of hydrogen-bond donors (Lipinski definition) is 0. The van der Waals surface area contributed by atoms with Gasteiger partial charge in [-0.1, -0.05) is 211 Å². The molecular weight excluding hydrogens is 741 g/mol. The Morgan fingerprint density at radius 2 is 0.667 bits per heavy atom. The van der Waals surface area contributed by atoms with E-state index < -0.39 is 6.10 Å². The van der Waals surface area contributed by atoms with Crippen LogP contribution in [0.1, 0.15) is 278 Å². The van der Waals surface area contributed by atoms with Gasteiger partial charge in [0.25, 0.3) is 0 Å². The van der Waals surface area contributed by atoms with Gasteiger partial charge in [0.05, 0.1) is 6.61 Å². The summed E-state index contributed by atoms with van der Waals surface area (Å²) in [4.78, 5) is 25.4. The average Bonchev–Trinajstić information content (AvgIpc) is 3.25. The van der Waals surface area contributed by atoms with Crippen molar-refractivity contribution in [3.63, 3.8) is 0 Å². The van der Waals surface area contributed by atoms with Crippen molar-refractivity contribution in [2.75, 3.05) is 19.8 Å². The minimum absolute atomic E-state index is 0.0797. The lowest BCUT2D eigenvalue weighted by molar-refractivity contribution is -0.163. The van der Waals surface area contributed by atoms with E-state index in [0.717, 1.165) is 64.2 Å². The summed E-state index contributed by atoms with van der Waals surface area (Å²) in [6.07, 6.45) is 61.5. The average molecular weight is 843 g/mol. The molecule has 0 aromatic heterocycles. The molecule has 5 heteroatoms. The molecule has 0 bridgehead atoms. The predicted molar refractivity (Wildman–Crippen MR) is 261 cm³/mol. The SMILES string of the molecule is CCCC/C=C\CCCCCCCC(=O)OC(COCCCCCCCCCC/C=C\CCCCCCCC)COC(=O)CCCCCCC/C=C\CCCCCCCC. The molecule has 0 rings (SSSR count). The van der Waals surface area contributed by atoms with Crippen molar-refractivity contribution in [2.24, 2.45) is 0 Å². The first-order valence-electron chi connectivity index (χ1n) is 26.5. The van der Waals surface area contributed by atoms with Gasteiger partial charge in [0.1, 0.15) is 6.61 Å². The third-order valence-electron chi connectivity index (χ3n) is 11.6. The second kappa shape index (κ2) is 51.5. The predicted octanol–water partition coefficient (Wildman–Crippen LogP) is 17.8. The highest BCUT2D eigenvalue weighted by Gasteiger charge is 2.17. The topological polar surface area (TPSA) is 61.8 Å². The van der Waals surface area contributed by atoms with Crippen LogP contribution in [0.3, 0.4) is 0 Å². The normalized spacial score (nSPS) is 12.4. The number of hydrogen-bond acceptors (Lipinski definition) is 5. The van der Waals surface area contributed by atoms with Crippen LogP contribution >= 0.6 is 0 Å². The van der Waals surface area contributed by atoms with Crippen LogP contribution < -0.4 is 0 Å². The highest BCUT2D eigenvalue weighted by Crippen LogP contribution is 2.14. The van der Waals surface area contributed by atoms with Crippen molar-refractivity contribution in [2.45, 2.75) is 284 Å². The Kier molecular flexibility index (Phi) is 49.9. The lowest BCUT2D eigenvalue weighted by atomic mass is 10.1. The van der Waals surface area contributed by atoms with Gasteiger partial charge in [0, 0.05) is 19.4 Å². The molecule has 0 aliphatic heterocycles. The zero-order chi connectivity index (χ0) is 43.5. The second-order valence-electron chi connectivity index (χ2n) is 17.8. The zero-order valence-electron chi connectivity index (χ0n) is 40.5. The third kappa shape index (κ3) is 48.8. The van der Waals surface area contributed by atoms with Gasteiger partial charge < -0.3 is 14.2 Å². The van der Waals surface area contributed by atoms with Crippen molar-refractivity contribution in [3.8, 4) is 0 Å². The second-order valence-corrected chi connectivity index (χ2v) is 17.8. The summed E-state index contributed by atoms with van der Waals surface area (Å²) >= 11 is 0. The van der Waals surface area contributed by atoms with Gasteiger partial charge >= 0.3 is 11.9 Å². The van der Waals surface area contributed by atoms with Gasteiger partial charge in [-0.3, -0.25) is 9.59 Å². The minimum atomic E-state index is -0.541. The highest BCUT2D eigenvalue weighted by molar-refractivity contribution is 5.70. The molecule has 0 saturated carbocycles. The molecule has 1 unspecified atom stereocenters. The van der Waals surface area contributed by atoms with Crippen molar-refractivity contribution < 1.29 is 23.8 Å². The number of carbonyl (C=O) groups excluding carboxylic acids is 2. The first kappa shape index (κ1) is 58.1. The van der Waals surface area contributed by atoms with Gasteiger partial charge in [0.15, 0.2) is 6.10 Å². The van der Waals surface area contributed by atoms with Crippen LogP contribution in [0.15, 0.2) is 36.5 Å². The fourth-order valence-corrected chi connectivity index (χ4v) is 7.60. The Morgan fingerprint density at radius 1 is 0.350 bits per heavy atom. The number of rotatable bonds is 49. The number of esters is 2. The van der Waals surface area contributed by atoms with Gasteiger partial charge in [-0.2, -0.15) is 0 Å². The Balaban J connectivity index is 4.22. The van der Waals surface area contributed by atoms with Gasteiger partial charge in [0.2, 0.25) is 0 Å². The number of carbonyl (C=O) groups is 2. The summed E-state index contributed by atoms with van der Waals surface area (Å²) in [5.74, 6) is -0.409. The van der Waals surface area contributed by atoms with E-state index in [-0.39, 0.29) is 25.2 Å². The first-order valence-corrected chi connectivity index (χ1v) is 26.5. The summed E-state index contributed by atoms with van der Waals surface area (Å²) in [5.41, 5.74) is 0. The molecule has 0 aliphatic carbocycles. The van der Waals surface area contributed by atoms with Crippen LogP contribution in [-0.2, 0) is 23.8 Å². The smallest absolute Gasteiger partial charge is 0.306 e. The molecule has 0 amide bonds. The Hall–Kier alpha value is -1.88. The van der Waals surface area contributed by atoms with Crippen molar-refractivity contribution >= 4 is 11.9 Å². The number of allylic oxidation sites excluding steroid dienone is 6. The van der Waals surface area contributed by atoms with Crippen molar-refractivity contribution in [1.82, 2.24) is 0 Å². The molecule has 0 fully saturated rings. The first-order chi connectivity index (χ1) is 29.6. The van der Waals surface area contributed by atoms with E-state index in [4.69, 9.17) is 14.2 Å². The van der Waals surface area contributed by atoms with Gasteiger partial charge in [-0.25, -0.2) is 0 Å². The summed E-state index contributed by atoms with van der Waals surface area (Å²) in [7, 11) is 0. The molecule has 0 radical (unpaired) electrons. The van der Waals surface area contributed by atoms with E-state index >= 15 is 0 Å². The molecule has 352 valence electrons. The van der Waals surface area contributed by atoms with Crippen LogP contribution in [0.25, 0.3) is 0 Å². The van der Waals surface area contributed by atoms with E-state index in [0.29, 0.717) is 19.4 Å². The quantitative estimate of drug-likeness (QED) is 0.0347. The molecule has 0 aliphatic rings. The van der Waals surface area contributed by atoms with E-state index in [2.05, 4.69) is 57.2 Å². The summed E-state index contributed by atoms with van der Waals surface area (Å²) in [5, 5.41) is 0. The van der Waals surface area contributed by atoms with Gasteiger partial charge in [-0.05, 0) is 89.9 Å². The van der Waals surface area contributed by atoms with Crippen molar-refractivity contribution in [1.29, 1.82) is 0 Å². The molecule has 0 aromatic rings. The Bertz CT molecular complexity index is 955. The standard InChI is InChI=1S/C55H102O5/c1-4-7-10-13-16-19-22-24-26-27-28-30-32-35-38-41-44-47-50-58-51-53(60-55(57)49-46-43-40-37-33-21-18-15-12-9-6-3)52-59-54(56)48-45-42-39-36-34-31-29-25-23-20-17-14-11-8-5-2/h15,18,24-26,29,53H,4-14,16-17,19-23,27-28,30-52H2,1-3H3/b18-15-,26-24-,29-25-. The van der Waals surface area contributed by atoms with Crippen LogP contribution in [0, 0.1) is 0 Å². The molecule has 0 heterocycles. The Morgan fingerprint density at radius 3 is 1.07 bits per heavy atom. The van der Waals surface area contributed by atoms with E-state index in [1.807, 2.05) is 0 Å². The summed E-state index contributed by atoms with van der Waals surface area (Å²) in [6.45, 7) is 7.79. The van der Waals surface area contributed by atoms with Crippen LogP contribution in [0.2, 0.25) is 0 Å².